The molecular weight excluding hydrogens is 1980 g/mol. The first kappa shape index (κ1) is 124. The lowest BCUT2D eigenvalue weighted by Gasteiger charge is -2.27. The number of rotatable bonds is 72. The van der Waals surface area contributed by atoms with E-state index in [0.29, 0.717) is 87.3 Å². The quantitative estimate of drug-likeness (QED) is 0.00476. The van der Waals surface area contributed by atoms with Crippen LogP contribution in [0.2, 0.25) is 0 Å². The fourth-order valence-electron chi connectivity index (χ4n) is 18.6. The van der Waals surface area contributed by atoms with Gasteiger partial charge in [0.2, 0.25) is 52.9 Å². The SMILES string of the molecule is CCCC(=O)[C@H](CC(C)C)NC(=O)[C@@H]1CCCN1C(=O)COCCCC(=O)[C@H](Cc1ccc(/C(C)=N/OCCNC(=O)CCCCCN2/C(=C/C=C/C=C/C=C/C3=[N+](CC)c4ccc(C)cc4C3(C)C)C(C)(C)c3cc(S(=O)(=O)O)ccc32)cc1)NC(=O)[C@@H](CCC(=O)O)CC(=O)[C@@H](CCC(=O)O)NC(=O)[C@@H](CCC(=O)O)CC(=O)[C@@H](CCC(=O)O)NC(=O)[C@@H](CCC(=O)O)CC(=O)CCN1C(=O)CC(SCCOCCOC)C1=O. The Bertz CT molecular complexity index is 5610. The first-order valence-corrected chi connectivity index (χ1v) is 53.8. The Balaban J connectivity index is 1.02. The third-order valence-electron chi connectivity index (χ3n) is 26.8. The van der Waals surface area contributed by atoms with Crippen molar-refractivity contribution in [2.75, 3.05) is 90.1 Å². The van der Waals surface area contributed by atoms with Gasteiger partial charge in [0.05, 0.1) is 71.8 Å². The Morgan fingerprint density at radius 1 is 0.587 bits per heavy atom. The van der Waals surface area contributed by atoms with Crippen molar-refractivity contribution in [3.63, 3.8) is 0 Å². The number of carbonyl (C=O) groups excluding carboxylic acids is 13. The fraction of sp³-hybridized carbons (Fsp3) is 0.574. The second-order valence-corrected chi connectivity index (χ2v) is 42.3. The summed E-state index contributed by atoms with van der Waals surface area (Å²) in [5.74, 6) is -21.2. The maximum Gasteiger partial charge on any atom is 0.303 e. The van der Waals surface area contributed by atoms with Crippen molar-refractivity contribution in [3.05, 3.63) is 137 Å². The van der Waals surface area contributed by atoms with Gasteiger partial charge in [-0.05, 0) is 171 Å². The van der Waals surface area contributed by atoms with E-state index in [1.807, 2.05) is 71.1 Å². The summed E-state index contributed by atoms with van der Waals surface area (Å²) in [4.78, 5) is 251. The van der Waals surface area contributed by atoms with Crippen molar-refractivity contribution in [2.24, 2.45) is 28.8 Å². The van der Waals surface area contributed by atoms with Gasteiger partial charge in [0.15, 0.2) is 28.8 Å². The second kappa shape index (κ2) is 61.6. The number of thioether (sulfide) groups is 1. The number of amides is 8. The van der Waals surface area contributed by atoms with Gasteiger partial charge in [-0.2, -0.15) is 13.0 Å². The molecule has 4 aliphatic rings. The minimum Gasteiger partial charge on any atom is -0.481 e. The van der Waals surface area contributed by atoms with Crippen LogP contribution < -0.4 is 31.5 Å². The summed E-state index contributed by atoms with van der Waals surface area (Å²) < 4.78 is 53.3. The summed E-state index contributed by atoms with van der Waals surface area (Å²) in [6.07, 6.45) is 7.08. The fourth-order valence-corrected chi connectivity index (χ4v) is 20.2. The molecule has 150 heavy (non-hydrogen) atoms. The minimum atomic E-state index is -4.51. The third kappa shape index (κ3) is 39.6. The van der Waals surface area contributed by atoms with E-state index < -0.39 is 260 Å². The molecule has 0 spiro atoms. The Morgan fingerprint density at radius 2 is 1.17 bits per heavy atom. The topological polar surface area (TPSA) is 585 Å². The van der Waals surface area contributed by atoms with E-state index in [4.69, 9.17) is 19.0 Å². The monoisotopic (exact) mass is 2130 g/mol. The van der Waals surface area contributed by atoms with Crippen LogP contribution in [0.4, 0.5) is 11.4 Å². The van der Waals surface area contributed by atoms with E-state index in [-0.39, 0.29) is 106 Å². The molecule has 3 aromatic carbocycles. The number of nitrogens with one attached hydrogen (secondary N) is 5. The summed E-state index contributed by atoms with van der Waals surface area (Å²) in [6, 6.07) is 10.9. The van der Waals surface area contributed by atoms with E-state index in [0.717, 1.165) is 28.4 Å². The van der Waals surface area contributed by atoms with E-state index >= 15 is 0 Å². The molecule has 4 heterocycles. The molecule has 40 nitrogen and oxygen atoms in total. The second-order valence-electron chi connectivity index (χ2n) is 39.6. The number of oxime groups is 1. The lowest BCUT2D eigenvalue weighted by Crippen LogP contribution is -2.51. The number of allylic oxidation sites excluding steroid dienone is 8. The molecule has 11 N–H and O–H groups in total. The predicted octanol–water partition coefficient (Wildman–Crippen LogP) is 10.3. The van der Waals surface area contributed by atoms with Crippen molar-refractivity contribution in [1.29, 1.82) is 0 Å². The van der Waals surface area contributed by atoms with Crippen LogP contribution in [-0.2, 0) is 133 Å². The van der Waals surface area contributed by atoms with Crippen LogP contribution in [0, 0.1) is 30.6 Å². The molecule has 4 aliphatic heterocycles. The van der Waals surface area contributed by atoms with Gasteiger partial charge in [0.25, 0.3) is 10.1 Å². The predicted molar refractivity (Wildman–Crippen MR) is 557 cm³/mol. The molecule has 3 aromatic rings. The van der Waals surface area contributed by atoms with E-state index in [9.17, 15) is 125 Å². The van der Waals surface area contributed by atoms with Gasteiger partial charge < -0.3 is 81.0 Å². The highest BCUT2D eigenvalue weighted by Gasteiger charge is 2.46. The van der Waals surface area contributed by atoms with Crippen LogP contribution in [-0.4, -0.2) is 291 Å². The number of carbonyl (C=O) groups is 18. The standard InChI is InChI=1S/C108H148N10O30S2/c1-12-24-87(120)82(59-68(3)4)113-105(140)86-25-22-51-117(86)96(126)67-147-53-23-26-88(121)83(61-71-31-33-72(34-32-71)70(6)114-148-54-49-109-94(124)29-20-17-21-50-116-85-42-38-77(150(142,143)144)65-79(85)108(9,10)93(116)28-19-16-14-15-18-27-92-107(7,8)78-60-69(5)30-41-84(78)115(92)13-2)112-104(139)75(37-45-99(131)132)64-90(123)81(40-47-101(135)136)111-103(138)74(36-44-98(129)130)63-89(122)80(39-46-100(133)134)110-102(137)73(35-43-97(127)128)62-76(119)48-52-118-95(125)66-91(106(118)141)149-58-57-146-56-55-145-11/h14-16,18-19,27-28,30-34,38,41-42,60,65,68,73-75,80-83,86,91H,12-13,17,20-26,29,35-37,39-40,43-59,61-64,66-67H2,1-11H3,(H10-,109,110,111,112,113,124,127,128,129,130,131,132,133,134,135,136,137,138,139,140,142,143,144)/p+1/b114-70+/t73-,74-,75-,80+,81+,82-,83-,86-,91?/m0/s1. The zero-order valence-corrected chi connectivity index (χ0v) is 89.3. The molecule has 0 radical (unpaired) electrons. The molecule has 2 saturated heterocycles. The lowest BCUT2D eigenvalue weighted by atomic mass is 9.81. The number of fused-ring (bicyclic) bond motifs is 2. The summed E-state index contributed by atoms with van der Waals surface area (Å²) in [7, 11) is -3.01. The minimum absolute atomic E-state index is 0.0280. The van der Waals surface area contributed by atoms with Gasteiger partial charge in [-0.25, -0.2) is 0 Å². The number of aryl methyl sites for hydroxylation is 1. The molecule has 9 atom stereocenters. The van der Waals surface area contributed by atoms with Gasteiger partial charge in [0.1, 0.15) is 31.6 Å². The molecule has 822 valence electrons. The molecule has 0 saturated carbocycles. The number of carboxylic acid groups (broad SMARTS) is 5. The number of hydrogen-bond donors (Lipinski definition) is 11. The molecule has 0 aliphatic carbocycles. The number of carboxylic acids is 5. The van der Waals surface area contributed by atoms with E-state index in [1.165, 1.54) is 58.4 Å². The highest BCUT2D eigenvalue weighted by Crippen LogP contribution is 2.49. The van der Waals surface area contributed by atoms with Crippen LogP contribution in [0.3, 0.4) is 0 Å². The summed E-state index contributed by atoms with van der Waals surface area (Å²) in [5.41, 5.74) is 7.83. The number of hydrogen-bond acceptors (Lipinski definition) is 27. The number of benzene rings is 3. The Kier molecular flexibility index (Phi) is 51.1. The largest absolute Gasteiger partial charge is 0.481 e. The number of unbranched alkanes of at least 4 members (excludes halogenated alkanes) is 2. The van der Waals surface area contributed by atoms with Crippen molar-refractivity contribution >= 4 is 151 Å². The smallest absolute Gasteiger partial charge is 0.303 e. The number of ketones is 5. The number of methoxy groups -OCH3 is 1. The molecule has 2 fully saturated rings. The molecule has 1 unspecified atom stereocenters. The number of aliphatic carboxylic acids is 5. The normalized spacial score (nSPS) is 17.1. The Labute approximate surface area is 880 Å². The average molecular weight is 2130 g/mol. The number of ether oxygens (including phenoxy) is 3. The van der Waals surface area contributed by atoms with Crippen molar-refractivity contribution in [2.45, 2.75) is 294 Å². The van der Waals surface area contributed by atoms with Gasteiger partial charge >= 0.3 is 29.8 Å². The van der Waals surface area contributed by atoms with Crippen LogP contribution in [0.5, 0.6) is 0 Å². The summed E-state index contributed by atoms with van der Waals surface area (Å²) in [5, 5.41) is 65.9. The zero-order chi connectivity index (χ0) is 111. The van der Waals surface area contributed by atoms with Crippen molar-refractivity contribution in [3.8, 4) is 0 Å². The molecular formula is C108H149N10O30S2+. The van der Waals surface area contributed by atoms with Crippen molar-refractivity contribution < 1.29 is 148 Å². The number of imide groups is 1. The van der Waals surface area contributed by atoms with Gasteiger partial charge in [-0.15, -0.1) is 11.8 Å². The Hall–Kier alpha value is -12.6. The maximum atomic E-state index is 14.9. The first-order chi connectivity index (χ1) is 71.1. The summed E-state index contributed by atoms with van der Waals surface area (Å²) in [6.45, 7) is 21.5. The highest BCUT2D eigenvalue weighted by molar-refractivity contribution is 8.00. The lowest BCUT2D eigenvalue weighted by molar-refractivity contribution is -0.433. The van der Waals surface area contributed by atoms with E-state index in [2.05, 4.69) is 93.2 Å². The number of nitrogens with zero attached hydrogens (tertiary/aromatic N) is 5. The van der Waals surface area contributed by atoms with E-state index in [1.54, 1.807) is 37.3 Å². The van der Waals surface area contributed by atoms with Crippen LogP contribution >= 0.6 is 11.8 Å². The third-order valence-corrected chi connectivity index (χ3v) is 28.8. The van der Waals surface area contributed by atoms with Crippen LogP contribution in [0.15, 0.2) is 119 Å². The number of likely N-dealkylation sites (tertiary alicyclic amines) is 2. The highest BCUT2D eigenvalue weighted by atomic mass is 32.2. The molecule has 42 heteroatoms. The molecule has 7 rings (SSSR count). The van der Waals surface area contributed by atoms with Crippen LogP contribution in [0.1, 0.15) is 257 Å². The summed E-state index contributed by atoms with van der Waals surface area (Å²) >= 11 is 1.18. The molecule has 8 amide bonds. The number of anilines is 1. The van der Waals surface area contributed by atoms with Crippen molar-refractivity contribution in [1.82, 2.24) is 36.4 Å². The van der Waals surface area contributed by atoms with Gasteiger partial charge in [-0.1, -0.05) is 112 Å². The van der Waals surface area contributed by atoms with Gasteiger partial charge in [-0.3, -0.25) is 95.8 Å². The molecule has 0 aromatic heterocycles. The van der Waals surface area contributed by atoms with Gasteiger partial charge in [0, 0.05) is 175 Å². The first-order valence-electron chi connectivity index (χ1n) is 51.3. The maximum absolute atomic E-state index is 14.9. The average Bonchev–Trinajstić information content (AvgIpc) is 1.59. The zero-order valence-electron chi connectivity index (χ0n) is 87.7. The number of Topliss-reactive ketones (excluding diaryl/α,β-unsaturated/α-hetero) is 5. The van der Waals surface area contributed by atoms with Crippen LogP contribution in [0.25, 0.3) is 0 Å². The Morgan fingerprint density at radius 3 is 1.76 bits per heavy atom. The molecule has 0 bridgehead atoms.